The number of nitrogens with one attached hydrogen (secondary N) is 1. The third-order valence-corrected chi connectivity index (χ3v) is 4.68. The summed E-state index contributed by atoms with van der Waals surface area (Å²) in [7, 11) is -4.14. The molecule has 0 heterocycles. The van der Waals surface area contributed by atoms with Gasteiger partial charge in [-0.05, 0) is 12.5 Å². The average Bonchev–Trinajstić information content (AvgIpc) is 2.38. The van der Waals surface area contributed by atoms with Crippen LogP contribution in [-0.2, 0) is 14.8 Å². The van der Waals surface area contributed by atoms with Crippen LogP contribution in [0.15, 0.2) is 23.1 Å². The number of benzene rings is 1. The van der Waals surface area contributed by atoms with Crippen LogP contribution in [0.25, 0.3) is 0 Å². The molecule has 0 aliphatic carbocycles. The maximum Gasteiger partial charge on any atom is 0.307 e. The highest BCUT2D eigenvalue weighted by molar-refractivity contribution is 7.89. The lowest BCUT2D eigenvalue weighted by molar-refractivity contribution is -0.385. The van der Waals surface area contributed by atoms with Crippen LogP contribution in [0.2, 0.25) is 5.02 Å². The Morgan fingerprint density at radius 1 is 1.52 bits per heavy atom. The van der Waals surface area contributed by atoms with Crippen LogP contribution in [0.4, 0.5) is 5.69 Å². The van der Waals surface area contributed by atoms with Gasteiger partial charge in [0.1, 0.15) is 4.90 Å². The summed E-state index contributed by atoms with van der Waals surface area (Å²) in [6.07, 6.45) is 0.237. The SMILES string of the molecule is CCC(CNS(=O)(=O)c1cc([N+](=O)[O-])ccc1Cl)C(=O)O. The van der Waals surface area contributed by atoms with Crippen LogP contribution in [0.3, 0.4) is 0 Å². The number of nitro benzene ring substituents is 1. The van der Waals surface area contributed by atoms with Gasteiger partial charge in [-0.2, -0.15) is 0 Å². The number of hydrogen-bond donors (Lipinski definition) is 2. The third-order valence-electron chi connectivity index (χ3n) is 2.78. The van der Waals surface area contributed by atoms with Crippen molar-refractivity contribution in [3.05, 3.63) is 33.3 Å². The molecule has 0 aromatic heterocycles. The molecule has 0 saturated carbocycles. The van der Waals surface area contributed by atoms with Crippen LogP contribution in [0, 0.1) is 16.0 Å². The van der Waals surface area contributed by atoms with E-state index in [1.165, 1.54) is 0 Å². The molecule has 116 valence electrons. The quantitative estimate of drug-likeness (QED) is 0.575. The second-order valence-electron chi connectivity index (χ2n) is 4.17. The van der Waals surface area contributed by atoms with Gasteiger partial charge in [0.25, 0.3) is 5.69 Å². The number of nitro groups is 1. The van der Waals surface area contributed by atoms with E-state index < -0.39 is 37.4 Å². The van der Waals surface area contributed by atoms with Gasteiger partial charge in [0.2, 0.25) is 10.0 Å². The van der Waals surface area contributed by atoms with Crippen LogP contribution in [0.1, 0.15) is 13.3 Å². The van der Waals surface area contributed by atoms with Crippen molar-refractivity contribution in [1.29, 1.82) is 0 Å². The van der Waals surface area contributed by atoms with Crippen LogP contribution >= 0.6 is 11.6 Å². The molecular formula is C11H13ClN2O6S. The van der Waals surface area contributed by atoms with E-state index in [9.17, 15) is 23.3 Å². The van der Waals surface area contributed by atoms with Crippen molar-refractivity contribution in [2.75, 3.05) is 6.54 Å². The van der Waals surface area contributed by atoms with Crippen molar-refractivity contribution in [2.24, 2.45) is 5.92 Å². The van der Waals surface area contributed by atoms with E-state index >= 15 is 0 Å². The minimum absolute atomic E-state index is 0.184. The fourth-order valence-electron chi connectivity index (χ4n) is 1.51. The topological polar surface area (TPSA) is 127 Å². The second kappa shape index (κ2) is 6.83. The number of sulfonamides is 1. The summed E-state index contributed by atoms with van der Waals surface area (Å²) in [5, 5.41) is 19.3. The Bertz CT molecular complexity index is 661. The summed E-state index contributed by atoms with van der Waals surface area (Å²) in [5.74, 6) is -2.03. The number of carbonyl (C=O) groups is 1. The van der Waals surface area contributed by atoms with E-state index in [0.29, 0.717) is 0 Å². The van der Waals surface area contributed by atoms with Crippen molar-refractivity contribution in [3.63, 3.8) is 0 Å². The lowest BCUT2D eigenvalue weighted by atomic mass is 10.1. The molecule has 0 saturated heterocycles. The van der Waals surface area contributed by atoms with Crippen LogP contribution < -0.4 is 4.72 Å². The average molecular weight is 337 g/mol. The van der Waals surface area contributed by atoms with Gasteiger partial charge in [-0.25, -0.2) is 13.1 Å². The predicted molar refractivity (Wildman–Crippen MR) is 74.7 cm³/mol. The van der Waals surface area contributed by atoms with Crippen molar-refractivity contribution in [3.8, 4) is 0 Å². The Morgan fingerprint density at radius 3 is 2.62 bits per heavy atom. The minimum atomic E-state index is -4.14. The highest BCUT2D eigenvalue weighted by Gasteiger charge is 2.24. The fourth-order valence-corrected chi connectivity index (χ4v) is 3.10. The Hall–Kier alpha value is -1.71. The lowest BCUT2D eigenvalue weighted by Gasteiger charge is -2.12. The van der Waals surface area contributed by atoms with Gasteiger partial charge in [-0.3, -0.25) is 14.9 Å². The first-order valence-electron chi connectivity index (χ1n) is 5.85. The summed E-state index contributed by atoms with van der Waals surface area (Å²) in [6, 6.07) is 3.00. The van der Waals surface area contributed by atoms with E-state index in [-0.39, 0.29) is 18.0 Å². The molecule has 21 heavy (non-hydrogen) atoms. The first kappa shape index (κ1) is 17.3. The molecule has 0 spiro atoms. The molecule has 1 atom stereocenters. The first-order valence-corrected chi connectivity index (χ1v) is 7.71. The maximum absolute atomic E-state index is 12.1. The van der Waals surface area contributed by atoms with Crippen molar-refractivity contribution in [2.45, 2.75) is 18.2 Å². The monoisotopic (exact) mass is 336 g/mol. The van der Waals surface area contributed by atoms with Gasteiger partial charge in [0.05, 0.1) is 15.9 Å². The summed E-state index contributed by atoms with van der Waals surface area (Å²) < 4.78 is 26.2. The molecule has 0 radical (unpaired) electrons. The van der Waals surface area contributed by atoms with Gasteiger partial charge < -0.3 is 5.11 Å². The first-order chi connectivity index (χ1) is 9.69. The molecule has 0 bridgehead atoms. The van der Waals surface area contributed by atoms with Gasteiger partial charge in [0.15, 0.2) is 0 Å². The summed E-state index contributed by atoms with van der Waals surface area (Å²) >= 11 is 5.74. The Kier molecular flexibility index (Phi) is 5.64. The summed E-state index contributed by atoms with van der Waals surface area (Å²) in [6.45, 7) is 1.28. The van der Waals surface area contributed by atoms with Crippen molar-refractivity contribution < 1.29 is 23.2 Å². The standard InChI is InChI=1S/C11H13ClN2O6S/c1-2-7(11(15)16)6-13-21(19,20)10-5-8(14(17)18)3-4-9(10)12/h3-5,7,13H,2,6H2,1H3,(H,15,16). The molecule has 1 aromatic carbocycles. The molecule has 0 fully saturated rings. The number of nitrogens with zero attached hydrogens (tertiary/aromatic N) is 1. The molecule has 10 heteroatoms. The van der Waals surface area contributed by atoms with Gasteiger partial charge in [-0.15, -0.1) is 0 Å². The molecule has 1 unspecified atom stereocenters. The molecule has 0 amide bonds. The Balaban J connectivity index is 3.05. The molecule has 1 aromatic rings. The smallest absolute Gasteiger partial charge is 0.307 e. The summed E-state index contributed by atoms with van der Waals surface area (Å²) in [4.78, 5) is 20.3. The van der Waals surface area contributed by atoms with Crippen molar-refractivity contribution in [1.82, 2.24) is 4.72 Å². The Morgan fingerprint density at radius 2 is 2.14 bits per heavy atom. The van der Waals surface area contributed by atoms with Crippen LogP contribution in [-0.4, -0.2) is 31.0 Å². The van der Waals surface area contributed by atoms with Gasteiger partial charge in [0, 0.05) is 18.7 Å². The highest BCUT2D eigenvalue weighted by atomic mass is 35.5. The zero-order chi connectivity index (χ0) is 16.2. The number of carboxylic acid groups (broad SMARTS) is 1. The molecule has 2 N–H and O–H groups in total. The molecular weight excluding hydrogens is 324 g/mol. The van der Waals surface area contributed by atoms with E-state index in [0.717, 1.165) is 18.2 Å². The van der Waals surface area contributed by atoms with Gasteiger partial charge >= 0.3 is 5.97 Å². The van der Waals surface area contributed by atoms with E-state index in [1.54, 1.807) is 6.92 Å². The molecule has 8 nitrogen and oxygen atoms in total. The molecule has 0 aliphatic heterocycles. The number of non-ortho nitro benzene ring substituents is 1. The normalized spacial score (nSPS) is 12.9. The van der Waals surface area contributed by atoms with Crippen LogP contribution in [0.5, 0.6) is 0 Å². The predicted octanol–water partition coefficient (Wildman–Crippen LogP) is 1.64. The number of hydrogen-bond acceptors (Lipinski definition) is 5. The van der Waals surface area contributed by atoms with E-state index in [2.05, 4.69) is 4.72 Å². The minimum Gasteiger partial charge on any atom is -0.481 e. The number of carboxylic acids is 1. The fraction of sp³-hybridized carbons (Fsp3) is 0.364. The number of aliphatic carboxylic acids is 1. The molecule has 0 aliphatic rings. The number of halogens is 1. The molecule has 1 rings (SSSR count). The number of rotatable bonds is 7. The lowest BCUT2D eigenvalue weighted by Crippen LogP contribution is -2.32. The summed E-state index contributed by atoms with van der Waals surface area (Å²) in [5.41, 5.74) is -0.426. The Labute approximate surface area is 125 Å². The van der Waals surface area contributed by atoms with E-state index in [1.807, 2.05) is 0 Å². The largest absolute Gasteiger partial charge is 0.481 e. The zero-order valence-corrected chi connectivity index (χ0v) is 12.5. The van der Waals surface area contributed by atoms with Crippen molar-refractivity contribution >= 4 is 33.3 Å². The second-order valence-corrected chi connectivity index (χ2v) is 6.31. The highest BCUT2D eigenvalue weighted by Crippen LogP contribution is 2.26. The third kappa shape index (κ3) is 4.38. The zero-order valence-electron chi connectivity index (χ0n) is 10.9. The maximum atomic E-state index is 12.1. The van der Waals surface area contributed by atoms with E-state index in [4.69, 9.17) is 16.7 Å². The van der Waals surface area contributed by atoms with Gasteiger partial charge in [-0.1, -0.05) is 18.5 Å².